The van der Waals surface area contributed by atoms with Gasteiger partial charge < -0.3 is 10.4 Å². The van der Waals surface area contributed by atoms with E-state index >= 15 is 0 Å². The minimum absolute atomic E-state index is 0.0106. The summed E-state index contributed by atoms with van der Waals surface area (Å²) in [5.74, 6) is 0.337. The lowest BCUT2D eigenvalue weighted by molar-refractivity contribution is -0.119. The Labute approximate surface area is 127 Å². The lowest BCUT2D eigenvalue weighted by Gasteiger charge is -2.14. The van der Waals surface area contributed by atoms with Crippen molar-refractivity contribution in [2.45, 2.75) is 38.1 Å². The fourth-order valence-electron chi connectivity index (χ4n) is 1.60. The maximum Gasteiger partial charge on any atom is 0.230 e. The molecule has 0 aliphatic carbocycles. The fourth-order valence-corrected chi connectivity index (χ4v) is 2.97. The van der Waals surface area contributed by atoms with E-state index in [-0.39, 0.29) is 18.6 Å². The normalized spacial score (nSPS) is 12.3. The van der Waals surface area contributed by atoms with Gasteiger partial charge in [0.05, 0.1) is 18.4 Å². The van der Waals surface area contributed by atoms with Crippen LogP contribution in [0.5, 0.6) is 0 Å². The Morgan fingerprint density at radius 3 is 2.68 bits per heavy atom. The lowest BCUT2D eigenvalue weighted by atomic mass is 10.2. The molecule has 0 heterocycles. The van der Waals surface area contributed by atoms with Crippen molar-refractivity contribution in [2.24, 2.45) is 0 Å². The third-order valence-corrected chi connectivity index (χ3v) is 4.90. The molecule has 1 amide bonds. The molecule has 0 radical (unpaired) electrons. The smallest absolute Gasteiger partial charge is 0.230 e. The van der Waals surface area contributed by atoms with Gasteiger partial charge in [-0.3, -0.25) is 4.79 Å². The van der Waals surface area contributed by atoms with Crippen LogP contribution in [0, 0.1) is 13.8 Å². The molecule has 0 saturated heterocycles. The Hall–Kier alpha value is -0.520. The van der Waals surface area contributed by atoms with Crippen molar-refractivity contribution < 1.29 is 9.90 Å². The molecule has 1 aromatic rings. The molecule has 1 atom stereocenters. The number of hydrogen-bond donors (Lipinski definition) is 2. The zero-order valence-electron chi connectivity index (χ0n) is 11.5. The van der Waals surface area contributed by atoms with Gasteiger partial charge >= 0.3 is 0 Å². The predicted octanol–water partition coefficient (Wildman–Crippen LogP) is 3.05. The van der Waals surface area contributed by atoms with Crippen LogP contribution in [-0.4, -0.2) is 29.4 Å². The van der Waals surface area contributed by atoms with E-state index in [1.165, 1.54) is 11.8 Å². The molecule has 3 nitrogen and oxygen atoms in total. The number of carbonyl (C=O) groups excluding carboxylic acids is 1. The molecular formula is C14H20BrNO2S. The van der Waals surface area contributed by atoms with Crippen molar-refractivity contribution in [3.05, 3.63) is 27.7 Å². The molecule has 2 N–H and O–H groups in total. The molecule has 19 heavy (non-hydrogen) atoms. The number of rotatable bonds is 6. The zero-order valence-corrected chi connectivity index (χ0v) is 13.9. The van der Waals surface area contributed by atoms with Crippen molar-refractivity contribution in [1.82, 2.24) is 5.32 Å². The molecule has 0 fully saturated rings. The average Bonchev–Trinajstić information content (AvgIpc) is 2.38. The van der Waals surface area contributed by atoms with E-state index in [0.717, 1.165) is 26.9 Å². The van der Waals surface area contributed by atoms with Gasteiger partial charge in [-0.25, -0.2) is 0 Å². The van der Waals surface area contributed by atoms with Crippen LogP contribution in [-0.2, 0) is 4.79 Å². The van der Waals surface area contributed by atoms with Crippen molar-refractivity contribution in [1.29, 1.82) is 0 Å². The van der Waals surface area contributed by atoms with Crippen LogP contribution >= 0.6 is 27.7 Å². The summed E-state index contributed by atoms with van der Waals surface area (Å²) < 4.78 is 1.09. The van der Waals surface area contributed by atoms with E-state index in [0.29, 0.717) is 5.75 Å². The summed E-state index contributed by atoms with van der Waals surface area (Å²) in [4.78, 5) is 12.9. The number of halogens is 1. The van der Waals surface area contributed by atoms with Gasteiger partial charge in [-0.15, -0.1) is 11.8 Å². The molecule has 0 aliphatic heterocycles. The third kappa shape index (κ3) is 5.16. The van der Waals surface area contributed by atoms with Gasteiger partial charge in [0.2, 0.25) is 5.91 Å². The quantitative estimate of drug-likeness (QED) is 0.779. The highest BCUT2D eigenvalue weighted by molar-refractivity contribution is 9.10. The van der Waals surface area contributed by atoms with E-state index in [2.05, 4.69) is 33.4 Å². The zero-order chi connectivity index (χ0) is 14.4. The SMILES string of the molecule is CC[C@@H](CO)NC(=O)CSc1cc(C)c(Br)cc1C. The molecule has 1 rings (SSSR count). The van der Waals surface area contributed by atoms with E-state index in [1.807, 2.05) is 20.8 Å². The molecule has 5 heteroatoms. The van der Waals surface area contributed by atoms with Crippen LogP contribution in [0.1, 0.15) is 24.5 Å². The molecule has 0 bridgehead atoms. The summed E-state index contributed by atoms with van der Waals surface area (Å²) >= 11 is 5.02. The van der Waals surface area contributed by atoms with Gasteiger partial charge in [-0.1, -0.05) is 22.9 Å². The van der Waals surface area contributed by atoms with Gasteiger partial charge in [0.25, 0.3) is 0 Å². The van der Waals surface area contributed by atoms with E-state index in [9.17, 15) is 4.79 Å². The predicted molar refractivity (Wildman–Crippen MR) is 83.6 cm³/mol. The van der Waals surface area contributed by atoms with E-state index in [4.69, 9.17) is 5.11 Å². The minimum atomic E-state index is -0.138. The minimum Gasteiger partial charge on any atom is -0.394 e. The summed E-state index contributed by atoms with van der Waals surface area (Å²) in [6, 6.07) is 4.01. The number of thioether (sulfide) groups is 1. The molecule has 0 unspecified atom stereocenters. The Morgan fingerprint density at radius 1 is 1.42 bits per heavy atom. The van der Waals surface area contributed by atoms with Crippen LogP contribution < -0.4 is 5.32 Å². The highest BCUT2D eigenvalue weighted by Gasteiger charge is 2.10. The first-order valence-electron chi connectivity index (χ1n) is 6.27. The van der Waals surface area contributed by atoms with Crippen LogP contribution in [0.3, 0.4) is 0 Å². The Morgan fingerprint density at radius 2 is 2.11 bits per heavy atom. The second-order valence-corrected chi connectivity index (χ2v) is 6.38. The lowest BCUT2D eigenvalue weighted by Crippen LogP contribution is -2.37. The van der Waals surface area contributed by atoms with Crippen molar-refractivity contribution in [3.8, 4) is 0 Å². The Kier molecular flexibility index (Phi) is 6.89. The monoisotopic (exact) mass is 345 g/mol. The van der Waals surface area contributed by atoms with Crippen molar-refractivity contribution in [3.63, 3.8) is 0 Å². The Balaban J connectivity index is 2.57. The third-order valence-electron chi connectivity index (χ3n) is 2.89. The maximum absolute atomic E-state index is 11.8. The summed E-state index contributed by atoms with van der Waals surface area (Å²) in [5, 5.41) is 11.9. The maximum atomic E-state index is 11.8. The number of aliphatic hydroxyl groups excluding tert-OH is 1. The Bertz CT molecular complexity index is 447. The number of benzene rings is 1. The summed E-state index contributed by atoms with van der Waals surface area (Å²) in [7, 11) is 0. The highest BCUT2D eigenvalue weighted by Crippen LogP contribution is 2.28. The number of amides is 1. The van der Waals surface area contributed by atoms with Crippen molar-refractivity contribution in [2.75, 3.05) is 12.4 Å². The van der Waals surface area contributed by atoms with Crippen LogP contribution in [0.15, 0.2) is 21.5 Å². The molecule has 1 aromatic carbocycles. The molecule has 0 aliphatic rings. The molecule has 0 spiro atoms. The summed E-state index contributed by atoms with van der Waals surface area (Å²) in [6.07, 6.45) is 0.739. The topological polar surface area (TPSA) is 49.3 Å². The molecule has 106 valence electrons. The summed E-state index contributed by atoms with van der Waals surface area (Å²) in [5.41, 5.74) is 2.32. The second-order valence-electron chi connectivity index (χ2n) is 4.51. The first kappa shape index (κ1) is 16.5. The van der Waals surface area contributed by atoms with Crippen LogP contribution in [0.25, 0.3) is 0 Å². The van der Waals surface area contributed by atoms with E-state index in [1.54, 1.807) is 0 Å². The molecular weight excluding hydrogens is 326 g/mol. The fraction of sp³-hybridized carbons (Fsp3) is 0.500. The molecule has 0 saturated carbocycles. The van der Waals surface area contributed by atoms with Crippen molar-refractivity contribution >= 4 is 33.6 Å². The second kappa shape index (κ2) is 7.92. The van der Waals surface area contributed by atoms with Gasteiger partial charge in [-0.2, -0.15) is 0 Å². The van der Waals surface area contributed by atoms with Gasteiger partial charge in [0, 0.05) is 9.37 Å². The van der Waals surface area contributed by atoms with Crippen LogP contribution in [0.4, 0.5) is 0 Å². The summed E-state index contributed by atoms with van der Waals surface area (Å²) in [6.45, 7) is 6.00. The largest absolute Gasteiger partial charge is 0.394 e. The standard InChI is InChI=1S/C14H20BrNO2S/c1-4-11(7-17)16-14(18)8-19-13-6-9(2)12(15)5-10(13)3/h5-6,11,17H,4,7-8H2,1-3H3,(H,16,18)/t11-/m0/s1. The number of nitrogens with one attached hydrogen (secondary N) is 1. The van der Waals surface area contributed by atoms with Gasteiger partial charge in [0.15, 0.2) is 0 Å². The number of aliphatic hydroxyl groups is 1. The van der Waals surface area contributed by atoms with Gasteiger partial charge in [-0.05, 0) is 43.5 Å². The number of hydrogen-bond acceptors (Lipinski definition) is 3. The van der Waals surface area contributed by atoms with E-state index < -0.39 is 0 Å². The average molecular weight is 346 g/mol. The first-order chi connectivity index (χ1) is 8.97. The number of carbonyl (C=O) groups is 1. The highest BCUT2D eigenvalue weighted by atomic mass is 79.9. The molecule has 0 aromatic heterocycles. The van der Waals surface area contributed by atoms with Gasteiger partial charge in [0.1, 0.15) is 0 Å². The first-order valence-corrected chi connectivity index (χ1v) is 8.05. The number of aryl methyl sites for hydroxylation is 2. The van der Waals surface area contributed by atoms with Crippen LogP contribution in [0.2, 0.25) is 0 Å².